The van der Waals surface area contributed by atoms with Gasteiger partial charge in [0.1, 0.15) is 36.2 Å². The van der Waals surface area contributed by atoms with Crippen LogP contribution in [0.15, 0.2) is 6.33 Å². The van der Waals surface area contributed by atoms with Crippen molar-refractivity contribution in [2.24, 2.45) is 0 Å². The Bertz CT molecular complexity index is 1000. The molecule has 0 spiro atoms. The van der Waals surface area contributed by atoms with Crippen LogP contribution in [0.3, 0.4) is 0 Å². The Kier molecular flexibility index (Phi) is 6.82. The minimum atomic E-state index is -2.10. The van der Waals surface area contributed by atoms with Crippen molar-refractivity contribution in [2.45, 2.75) is 109 Å². The van der Waals surface area contributed by atoms with Crippen LogP contribution in [-0.4, -0.2) is 63.9 Å². The van der Waals surface area contributed by atoms with Crippen LogP contribution in [0.5, 0.6) is 0 Å². The maximum atomic E-state index is 9.87. The van der Waals surface area contributed by atoms with E-state index in [9.17, 15) is 5.11 Å². The molecule has 2 aliphatic heterocycles. The molecule has 190 valence electrons. The summed E-state index contributed by atoms with van der Waals surface area (Å²) in [6.45, 7) is 17.5. The Morgan fingerprint density at radius 1 is 1.09 bits per heavy atom. The number of nitrogens with zero attached hydrogens (tertiary/aromatic N) is 4. The quantitative estimate of drug-likeness (QED) is 0.531. The van der Waals surface area contributed by atoms with Gasteiger partial charge in [-0.15, -0.1) is 0 Å². The van der Waals surface area contributed by atoms with E-state index in [1.807, 2.05) is 13.8 Å². The lowest BCUT2D eigenvalue weighted by atomic mass is 10.1. The molecule has 0 aliphatic carbocycles. The number of hydrogen-bond donors (Lipinski definition) is 2. The van der Waals surface area contributed by atoms with Crippen LogP contribution in [-0.2, 0) is 25.2 Å². The lowest BCUT2D eigenvalue weighted by Gasteiger charge is -2.43. The van der Waals surface area contributed by atoms with Gasteiger partial charge in [0.25, 0.3) is 0 Å². The summed E-state index contributed by atoms with van der Waals surface area (Å²) in [5.74, 6) is -0.505. The summed E-state index contributed by atoms with van der Waals surface area (Å²) >= 11 is 0. The standard InChI is InChI=1S/C23H39N5O5Si/c1-12(2)34(13(3)4,14(5)6)30-10-16-18-19(33-23(7,8)32-18)22(31-16)28-21-17(15(9-29)27-28)20(24)25-11-26-21/h11-14,16,18-19,22,29H,9-10H2,1-8H3,(H2,24,25,26)/t16-,18-,19-,22-/m1/s1. The predicted molar refractivity (Wildman–Crippen MR) is 130 cm³/mol. The first-order valence-corrected chi connectivity index (χ1v) is 14.3. The summed E-state index contributed by atoms with van der Waals surface area (Å²) in [6, 6.07) is 0. The highest BCUT2D eigenvalue weighted by atomic mass is 28.4. The summed E-state index contributed by atoms with van der Waals surface area (Å²) in [6.07, 6.45) is -0.299. The first-order valence-electron chi connectivity index (χ1n) is 12.2. The van der Waals surface area contributed by atoms with E-state index >= 15 is 0 Å². The molecular weight excluding hydrogens is 454 g/mol. The monoisotopic (exact) mass is 493 g/mol. The Morgan fingerprint density at radius 3 is 2.29 bits per heavy atom. The maximum Gasteiger partial charge on any atom is 0.200 e. The van der Waals surface area contributed by atoms with Crippen molar-refractivity contribution in [3.63, 3.8) is 0 Å². The molecule has 2 fully saturated rings. The molecule has 0 radical (unpaired) electrons. The molecule has 11 heteroatoms. The van der Waals surface area contributed by atoms with Gasteiger partial charge in [-0.1, -0.05) is 41.5 Å². The lowest BCUT2D eigenvalue weighted by molar-refractivity contribution is -0.200. The fourth-order valence-corrected chi connectivity index (χ4v) is 11.5. The van der Waals surface area contributed by atoms with Crippen LogP contribution in [0.25, 0.3) is 11.0 Å². The normalized spacial score (nSPS) is 26.9. The van der Waals surface area contributed by atoms with Crippen LogP contribution in [0.4, 0.5) is 5.82 Å². The first-order chi connectivity index (χ1) is 15.9. The van der Waals surface area contributed by atoms with Gasteiger partial charge >= 0.3 is 0 Å². The van der Waals surface area contributed by atoms with Crippen molar-refractivity contribution < 1.29 is 23.7 Å². The van der Waals surface area contributed by atoms with E-state index in [4.69, 9.17) is 24.4 Å². The summed E-state index contributed by atoms with van der Waals surface area (Å²) in [4.78, 5) is 8.44. The summed E-state index contributed by atoms with van der Waals surface area (Å²) < 4.78 is 27.6. The minimum absolute atomic E-state index is 0.264. The van der Waals surface area contributed by atoms with Gasteiger partial charge in [0.05, 0.1) is 18.6 Å². The average molecular weight is 494 g/mol. The molecule has 2 aromatic heterocycles. The summed E-state index contributed by atoms with van der Waals surface area (Å²) in [7, 11) is -2.10. The van der Waals surface area contributed by atoms with E-state index < -0.39 is 26.4 Å². The number of nitrogens with two attached hydrogens (primary N) is 1. The van der Waals surface area contributed by atoms with Gasteiger partial charge in [-0.25, -0.2) is 14.6 Å². The number of aliphatic hydroxyl groups excluding tert-OH is 1. The van der Waals surface area contributed by atoms with E-state index in [2.05, 4.69) is 56.6 Å². The largest absolute Gasteiger partial charge is 0.413 e. The van der Waals surface area contributed by atoms with Crippen LogP contribution in [0.1, 0.15) is 67.3 Å². The van der Waals surface area contributed by atoms with Gasteiger partial charge in [0.2, 0.25) is 0 Å². The van der Waals surface area contributed by atoms with E-state index in [0.29, 0.717) is 40.0 Å². The molecular formula is C23H39N5O5Si. The maximum absolute atomic E-state index is 9.87. The molecule has 0 bridgehead atoms. The van der Waals surface area contributed by atoms with Crippen molar-refractivity contribution >= 4 is 25.2 Å². The second-order valence-electron chi connectivity index (χ2n) is 10.8. The van der Waals surface area contributed by atoms with Crippen LogP contribution < -0.4 is 5.73 Å². The van der Waals surface area contributed by atoms with Crippen LogP contribution in [0.2, 0.25) is 16.6 Å². The number of anilines is 1. The van der Waals surface area contributed by atoms with Gasteiger partial charge in [-0.3, -0.25) is 0 Å². The highest BCUT2D eigenvalue weighted by Crippen LogP contribution is 2.46. The zero-order valence-corrected chi connectivity index (χ0v) is 22.5. The molecule has 2 aliphatic rings. The molecule has 3 N–H and O–H groups in total. The molecule has 0 saturated carbocycles. The Hall–Kier alpha value is -1.63. The molecule has 4 atom stereocenters. The summed E-state index contributed by atoms with van der Waals surface area (Å²) in [5.41, 5.74) is 8.34. The third-order valence-corrected chi connectivity index (χ3v) is 13.4. The zero-order valence-electron chi connectivity index (χ0n) is 21.5. The number of aliphatic hydroxyl groups is 1. The number of ether oxygens (including phenoxy) is 3. The molecule has 4 rings (SSSR count). The predicted octanol–water partition coefficient (Wildman–Crippen LogP) is 3.51. The molecule has 2 aromatic rings. The van der Waals surface area contributed by atoms with Crippen molar-refractivity contribution in [2.75, 3.05) is 12.3 Å². The highest BCUT2D eigenvalue weighted by Gasteiger charge is 2.57. The van der Waals surface area contributed by atoms with Crippen LogP contribution >= 0.6 is 0 Å². The smallest absolute Gasteiger partial charge is 0.200 e. The molecule has 10 nitrogen and oxygen atoms in total. The lowest BCUT2D eigenvalue weighted by Crippen LogP contribution is -2.50. The highest BCUT2D eigenvalue weighted by molar-refractivity contribution is 6.77. The third-order valence-electron chi connectivity index (χ3n) is 7.31. The van der Waals surface area contributed by atoms with Gasteiger partial charge in [-0.2, -0.15) is 5.10 Å². The molecule has 0 unspecified atom stereocenters. The third kappa shape index (κ3) is 4.05. The van der Waals surface area contributed by atoms with E-state index in [1.54, 1.807) is 4.68 Å². The first kappa shape index (κ1) is 25.5. The zero-order chi connectivity index (χ0) is 25.0. The number of aromatic nitrogens is 4. The molecule has 4 heterocycles. The second-order valence-corrected chi connectivity index (χ2v) is 16.2. The van der Waals surface area contributed by atoms with E-state index in [0.717, 1.165) is 0 Å². The SMILES string of the molecule is CC(C)[Si](OC[C@H]1O[C@@H](n2nc(CO)c3c(N)ncnc32)[C@@H]2OC(C)(C)O[C@@H]21)(C(C)C)C(C)C. The topological polar surface area (TPSA) is 127 Å². The number of nitrogen functional groups attached to an aromatic ring is 1. The fourth-order valence-electron chi connectivity index (χ4n) is 6.07. The number of fused-ring (bicyclic) bond motifs is 2. The van der Waals surface area contributed by atoms with Gasteiger partial charge < -0.3 is 29.5 Å². The van der Waals surface area contributed by atoms with Crippen LogP contribution in [0, 0.1) is 0 Å². The minimum Gasteiger partial charge on any atom is -0.413 e. The number of rotatable bonds is 8. The van der Waals surface area contributed by atoms with Gasteiger partial charge in [0.15, 0.2) is 26.0 Å². The Morgan fingerprint density at radius 2 is 1.71 bits per heavy atom. The average Bonchev–Trinajstić information content (AvgIpc) is 3.37. The molecule has 2 saturated heterocycles. The molecule has 0 aromatic carbocycles. The Labute approximate surface area is 202 Å². The van der Waals surface area contributed by atoms with E-state index in [1.165, 1.54) is 6.33 Å². The molecule has 34 heavy (non-hydrogen) atoms. The van der Waals surface area contributed by atoms with Crippen molar-refractivity contribution in [1.82, 2.24) is 19.7 Å². The summed E-state index contributed by atoms with van der Waals surface area (Å²) in [5, 5.41) is 15.0. The Balaban J connectivity index is 1.68. The second kappa shape index (κ2) is 9.10. The molecule has 0 amide bonds. The van der Waals surface area contributed by atoms with Crippen molar-refractivity contribution in [3.8, 4) is 0 Å². The fraction of sp³-hybridized carbons (Fsp3) is 0.783. The van der Waals surface area contributed by atoms with Crippen molar-refractivity contribution in [1.29, 1.82) is 0 Å². The van der Waals surface area contributed by atoms with Gasteiger partial charge in [0, 0.05) is 0 Å². The van der Waals surface area contributed by atoms with E-state index in [-0.39, 0.29) is 24.6 Å². The van der Waals surface area contributed by atoms with Crippen molar-refractivity contribution in [3.05, 3.63) is 12.0 Å². The van der Waals surface area contributed by atoms with Gasteiger partial charge in [-0.05, 0) is 30.5 Å². The number of hydrogen-bond acceptors (Lipinski definition) is 9.